The van der Waals surface area contributed by atoms with Crippen molar-refractivity contribution in [3.8, 4) is 0 Å². The van der Waals surface area contributed by atoms with Crippen LogP contribution < -0.4 is 4.72 Å². The van der Waals surface area contributed by atoms with Crippen LogP contribution in [0.5, 0.6) is 0 Å². The molecule has 1 aromatic heterocycles. The molecule has 6 nitrogen and oxygen atoms in total. The quantitative estimate of drug-likeness (QED) is 0.839. The first-order chi connectivity index (χ1) is 9.92. The maximum absolute atomic E-state index is 12.0. The number of nitrogens with zero attached hydrogens (tertiary/aromatic N) is 1. The Labute approximate surface area is 122 Å². The number of carbonyl (C=O) groups is 2. The summed E-state index contributed by atoms with van der Waals surface area (Å²) in [5.41, 5.74) is 1.22. The highest BCUT2D eigenvalue weighted by molar-refractivity contribution is 7.90. The zero-order valence-corrected chi connectivity index (χ0v) is 12.1. The topological polar surface area (TPSA) is 85.2 Å². The van der Waals surface area contributed by atoms with Crippen LogP contribution in [0.4, 0.5) is 0 Å². The van der Waals surface area contributed by atoms with Gasteiger partial charge >= 0.3 is 0 Å². The number of benzene rings is 1. The second-order valence-electron chi connectivity index (χ2n) is 4.52. The Bertz CT molecular complexity index is 761. The van der Waals surface area contributed by atoms with Crippen molar-refractivity contribution < 1.29 is 18.0 Å². The molecular weight excluding hydrogens is 292 g/mol. The van der Waals surface area contributed by atoms with Gasteiger partial charge in [-0.3, -0.25) is 9.59 Å². The first kappa shape index (κ1) is 15.0. The average Bonchev–Trinajstić information content (AvgIpc) is 2.85. The van der Waals surface area contributed by atoms with Crippen LogP contribution in [0.15, 0.2) is 47.5 Å². The molecule has 7 heteroatoms. The number of hydrogen-bond donors (Lipinski definition) is 1. The van der Waals surface area contributed by atoms with Crippen LogP contribution in [-0.4, -0.2) is 25.2 Å². The highest BCUT2D eigenvalue weighted by Gasteiger charge is 2.17. The largest absolute Gasteiger partial charge is 0.336 e. The lowest BCUT2D eigenvalue weighted by atomic mass is 10.2. The van der Waals surface area contributed by atoms with Crippen LogP contribution in [-0.2, 0) is 21.4 Å². The highest BCUT2D eigenvalue weighted by atomic mass is 32.2. The van der Waals surface area contributed by atoms with Gasteiger partial charge < -0.3 is 4.57 Å². The zero-order chi connectivity index (χ0) is 15.5. The Morgan fingerprint density at radius 1 is 1.24 bits per heavy atom. The van der Waals surface area contributed by atoms with Gasteiger partial charge in [0.25, 0.3) is 15.9 Å². The Morgan fingerprint density at radius 2 is 1.90 bits per heavy atom. The van der Waals surface area contributed by atoms with E-state index in [1.165, 1.54) is 29.0 Å². The lowest BCUT2D eigenvalue weighted by molar-refractivity contribution is -0.119. The zero-order valence-electron chi connectivity index (χ0n) is 11.3. The molecule has 1 N–H and O–H groups in total. The molecule has 0 fully saturated rings. The minimum absolute atomic E-state index is 0.0181. The predicted molar refractivity (Wildman–Crippen MR) is 76.3 cm³/mol. The van der Waals surface area contributed by atoms with Crippen molar-refractivity contribution >= 4 is 22.2 Å². The Hall–Kier alpha value is -2.41. The maximum atomic E-state index is 12.0. The molecule has 2 aromatic rings. The molecule has 0 spiro atoms. The highest BCUT2D eigenvalue weighted by Crippen LogP contribution is 2.10. The number of nitrogens with one attached hydrogen (secondary N) is 1. The molecule has 0 atom stereocenters. The number of aromatic nitrogens is 1. The second-order valence-corrected chi connectivity index (χ2v) is 6.20. The van der Waals surface area contributed by atoms with E-state index in [4.69, 9.17) is 0 Å². The number of hydrogen-bond acceptors (Lipinski definition) is 4. The number of aryl methyl sites for hydroxylation is 1. The molecule has 0 radical (unpaired) electrons. The van der Waals surface area contributed by atoms with Gasteiger partial charge in [0, 0.05) is 6.20 Å². The van der Waals surface area contributed by atoms with Crippen LogP contribution in [0.1, 0.15) is 16.1 Å². The smallest absolute Gasteiger partial charge is 0.264 e. The van der Waals surface area contributed by atoms with Crippen molar-refractivity contribution in [3.63, 3.8) is 0 Å². The molecule has 1 aromatic carbocycles. The van der Waals surface area contributed by atoms with E-state index in [9.17, 15) is 18.0 Å². The van der Waals surface area contributed by atoms with E-state index < -0.39 is 15.9 Å². The molecule has 0 saturated carbocycles. The number of rotatable bonds is 5. The van der Waals surface area contributed by atoms with Crippen LogP contribution >= 0.6 is 0 Å². The third kappa shape index (κ3) is 3.57. The molecule has 0 saturated heterocycles. The van der Waals surface area contributed by atoms with Crippen LogP contribution in [0.25, 0.3) is 0 Å². The Kier molecular flexibility index (Phi) is 4.23. The van der Waals surface area contributed by atoms with E-state index in [1.54, 1.807) is 18.2 Å². The fourth-order valence-corrected chi connectivity index (χ4v) is 2.77. The number of sulfonamides is 1. The Balaban J connectivity index is 2.11. The number of amides is 1. The fraction of sp³-hybridized carbons (Fsp3) is 0.143. The molecule has 0 unspecified atom stereocenters. The summed E-state index contributed by atoms with van der Waals surface area (Å²) in [6.07, 6.45) is 2.13. The van der Waals surface area contributed by atoms with Crippen molar-refractivity contribution in [2.75, 3.05) is 0 Å². The summed E-state index contributed by atoms with van der Waals surface area (Å²) in [5.74, 6) is -0.713. The van der Waals surface area contributed by atoms with Crippen molar-refractivity contribution in [1.82, 2.24) is 9.29 Å². The second kappa shape index (κ2) is 5.92. The van der Waals surface area contributed by atoms with E-state index in [0.29, 0.717) is 12.0 Å². The monoisotopic (exact) mass is 306 g/mol. The fourth-order valence-electron chi connectivity index (χ4n) is 1.79. The minimum atomic E-state index is -3.90. The number of carbonyl (C=O) groups excluding carboxylic acids is 2. The van der Waals surface area contributed by atoms with Crippen molar-refractivity contribution in [3.05, 3.63) is 53.9 Å². The molecule has 110 valence electrons. The molecule has 0 aliphatic heterocycles. The van der Waals surface area contributed by atoms with Crippen LogP contribution in [0.3, 0.4) is 0 Å². The van der Waals surface area contributed by atoms with Gasteiger partial charge in [0.05, 0.1) is 10.6 Å². The number of aldehydes is 1. The minimum Gasteiger partial charge on any atom is -0.336 e. The van der Waals surface area contributed by atoms with E-state index in [-0.39, 0.29) is 11.4 Å². The summed E-state index contributed by atoms with van der Waals surface area (Å²) in [6.45, 7) is 1.59. The summed E-state index contributed by atoms with van der Waals surface area (Å²) >= 11 is 0. The van der Waals surface area contributed by atoms with Gasteiger partial charge in [-0.25, -0.2) is 13.1 Å². The van der Waals surface area contributed by atoms with E-state index in [1.807, 2.05) is 11.6 Å². The molecule has 0 aliphatic rings. The molecule has 2 rings (SSSR count). The SMILES string of the molecule is Cc1ccc(S(=O)(=O)NC(=O)Cn2cccc2C=O)cc1. The van der Waals surface area contributed by atoms with Gasteiger partial charge in [-0.2, -0.15) is 0 Å². The lowest BCUT2D eigenvalue weighted by Gasteiger charge is -2.08. The Morgan fingerprint density at radius 3 is 2.52 bits per heavy atom. The van der Waals surface area contributed by atoms with Crippen LogP contribution in [0, 0.1) is 6.92 Å². The van der Waals surface area contributed by atoms with Gasteiger partial charge in [-0.05, 0) is 31.2 Å². The summed E-state index contributed by atoms with van der Waals surface area (Å²) in [6, 6.07) is 9.29. The van der Waals surface area contributed by atoms with Crippen molar-refractivity contribution in [2.24, 2.45) is 0 Å². The van der Waals surface area contributed by atoms with Gasteiger partial charge in [0.2, 0.25) is 0 Å². The summed E-state index contributed by atoms with van der Waals surface area (Å²) in [7, 11) is -3.90. The first-order valence-corrected chi connectivity index (χ1v) is 7.63. The van der Waals surface area contributed by atoms with E-state index in [0.717, 1.165) is 5.56 Å². The molecule has 0 aliphatic carbocycles. The molecule has 1 amide bonds. The molecule has 1 heterocycles. The van der Waals surface area contributed by atoms with Gasteiger partial charge in [0.1, 0.15) is 6.54 Å². The summed E-state index contributed by atoms with van der Waals surface area (Å²) < 4.78 is 27.4. The van der Waals surface area contributed by atoms with E-state index in [2.05, 4.69) is 0 Å². The van der Waals surface area contributed by atoms with Gasteiger partial charge in [0.15, 0.2) is 6.29 Å². The van der Waals surface area contributed by atoms with E-state index >= 15 is 0 Å². The van der Waals surface area contributed by atoms with Crippen molar-refractivity contribution in [1.29, 1.82) is 0 Å². The lowest BCUT2D eigenvalue weighted by Crippen LogP contribution is -2.33. The molecular formula is C14H14N2O4S. The molecule has 0 bridgehead atoms. The van der Waals surface area contributed by atoms with Crippen molar-refractivity contribution in [2.45, 2.75) is 18.4 Å². The normalized spacial score (nSPS) is 11.1. The third-order valence-electron chi connectivity index (χ3n) is 2.88. The first-order valence-electron chi connectivity index (χ1n) is 6.15. The van der Waals surface area contributed by atoms with Gasteiger partial charge in [-0.1, -0.05) is 17.7 Å². The predicted octanol–water partition coefficient (Wildman–Crippen LogP) is 1.11. The third-order valence-corrected chi connectivity index (χ3v) is 4.27. The standard InChI is InChI=1S/C14H14N2O4S/c1-11-4-6-13(7-5-11)21(19,20)15-14(18)9-16-8-2-3-12(16)10-17/h2-8,10H,9H2,1H3,(H,15,18). The van der Waals surface area contributed by atoms with Gasteiger partial charge in [-0.15, -0.1) is 0 Å². The maximum Gasteiger partial charge on any atom is 0.264 e. The average molecular weight is 306 g/mol. The summed E-state index contributed by atoms with van der Waals surface area (Å²) in [5, 5.41) is 0. The molecule has 21 heavy (non-hydrogen) atoms. The van der Waals surface area contributed by atoms with Crippen LogP contribution in [0.2, 0.25) is 0 Å². The summed E-state index contributed by atoms with van der Waals surface area (Å²) in [4.78, 5) is 22.6.